The summed E-state index contributed by atoms with van der Waals surface area (Å²) >= 11 is 7.64. The second-order valence-electron chi connectivity index (χ2n) is 7.85. The number of hydrogen-bond acceptors (Lipinski definition) is 6. The largest absolute Gasteiger partial charge is 0.422 e. The van der Waals surface area contributed by atoms with Gasteiger partial charge in [-0.1, -0.05) is 78.3 Å². The van der Waals surface area contributed by atoms with Crippen LogP contribution in [0.15, 0.2) is 96.1 Å². The van der Waals surface area contributed by atoms with Crippen LogP contribution < -0.4 is 15.5 Å². The van der Waals surface area contributed by atoms with Crippen LogP contribution in [0.2, 0.25) is 5.02 Å². The number of nitrogens with one attached hydrogen (secondary N) is 2. The van der Waals surface area contributed by atoms with E-state index in [1.54, 1.807) is 36.4 Å². The SMILES string of the molecule is O=C(N/N=C\c1ccccc1OC(=O)c1sc2ccccc2c1Cl)C(=O)Nc1cccc2ccccc12. The fourth-order valence-electron chi connectivity index (χ4n) is 3.70. The Bertz CT molecular complexity index is 1690. The van der Waals surface area contributed by atoms with Crippen molar-refractivity contribution in [2.75, 3.05) is 5.32 Å². The Kier molecular flexibility index (Phi) is 6.93. The second-order valence-corrected chi connectivity index (χ2v) is 9.28. The molecular formula is C28H18ClN3O4S. The van der Waals surface area contributed by atoms with Crippen molar-refractivity contribution in [3.63, 3.8) is 0 Å². The van der Waals surface area contributed by atoms with Crippen molar-refractivity contribution < 1.29 is 19.1 Å². The van der Waals surface area contributed by atoms with Gasteiger partial charge >= 0.3 is 17.8 Å². The number of carbonyl (C=O) groups is 3. The third-order valence-electron chi connectivity index (χ3n) is 5.46. The molecule has 37 heavy (non-hydrogen) atoms. The zero-order chi connectivity index (χ0) is 25.8. The van der Waals surface area contributed by atoms with Crippen LogP contribution in [-0.2, 0) is 9.59 Å². The molecule has 0 radical (unpaired) electrons. The van der Waals surface area contributed by atoms with Crippen molar-refractivity contribution in [2.24, 2.45) is 5.10 Å². The van der Waals surface area contributed by atoms with E-state index in [1.807, 2.05) is 54.6 Å². The number of rotatable bonds is 5. The normalized spacial score (nSPS) is 11.1. The summed E-state index contributed by atoms with van der Waals surface area (Å²) in [6.45, 7) is 0. The lowest BCUT2D eigenvalue weighted by atomic mass is 10.1. The average Bonchev–Trinajstić information content (AvgIpc) is 3.26. The molecule has 5 aromatic rings. The van der Waals surface area contributed by atoms with E-state index in [0.717, 1.165) is 20.9 Å². The molecule has 5 rings (SSSR count). The molecule has 0 unspecified atom stereocenters. The molecule has 9 heteroatoms. The van der Waals surface area contributed by atoms with E-state index in [0.29, 0.717) is 16.3 Å². The Morgan fingerprint density at radius 2 is 1.51 bits per heavy atom. The summed E-state index contributed by atoms with van der Waals surface area (Å²) in [7, 11) is 0. The molecule has 0 saturated carbocycles. The van der Waals surface area contributed by atoms with Gasteiger partial charge in [0.05, 0.1) is 11.2 Å². The number of amides is 2. The molecule has 4 aromatic carbocycles. The molecule has 0 bridgehead atoms. The van der Waals surface area contributed by atoms with Crippen LogP contribution in [-0.4, -0.2) is 24.0 Å². The van der Waals surface area contributed by atoms with Crippen molar-refractivity contribution in [3.8, 4) is 5.75 Å². The maximum atomic E-state index is 12.8. The number of halogens is 1. The smallest absolute Gasteiger partial charge is 0.355 e. The van der Waals surface area contributed by atoms with Crippen molar-refractivity contribution in [1.82, 2.24) is 5.43 Å². The number of esters is 1. The summed E-state index contributed by atoms with van der Waals surface area (Å²) in [4.78, 5) is 37.8. The van der Waals surface area contributed by atoms with E-state index < -0.39 is 17.8 Å². The van der Waals surface area contributed by atoms with Gasteiger partial charge in [0, 0.05) is 26.7 Å². The van der Waals surface area contributed by atoms with E-state index in [-0.39, 0.29) is 10.6 Å². The summed E-state index contributed by atoms with van der Waals surface area (Å²) in [6, 6.07) is 27.0. The molecule has 0 aliphatic heterocycles. The van der Waals surface area contributed by atoms with E-state index >= 15 is 0 Å². The van der Waals surface area contributed by atoms with Crippen LogP contribution in [0.25, 0.3) is 20.9 Å². The molecule has 0 aliphatic rings. The monoisotopic (exact) mass is 527 g/mol. The number of carbonyl (C=O) groups excluding carboxylic acids is 3. The third-order valence-corrected chi connectivity index (χ3v) is 7.11. The second kappa shape index (κ2) is 10.6. The molecule has 0 spiro atoms. The van der Waals surface area contributed by atoms with Crippen molar-refractivity contribution in [3.05, 3.63) is 106 Å². The maximum Gasteiger partial charge on any atom is 0.355 e. The predicted molar refractivity (Wildman–Crippen MR) is 147 cm³/mol. The number of hydrazone groups is 1. The first-order valence-electron chi connectivity index (χ1n) is 11.1. The Balaban J connectivity index is 1.26. The van der Waals surface area contributed by atoms with E-state index in [9.17, 15) is 14.4 Å². The van der Waals surface area contributed by atoms with Gasteiger partial charge < -0.3 is 10.1 Å². The van der Waals surface area contributed by atoms with Crippen LogP contribution in [0.5, 0.6) is 5.75 Å². The predicted octanol–water partition coefficient (Wildman–Crippen LogP) is 6.02. The number of para-hydroxylation sites is 1. The number of benzene rings is 4. The summed E-state index contributed by atoms with van der Waals surface area (Å²) in [5, 5.41) is 9.31. The highest BCUT2D eigenvalue weighted by Gasteiger charge is 2.20. The highest BCUT2D eigenvalue weighted by atomic mass is 35.5. The Hall–Kier alpha value is -4.53. The highest BCUT2D eigenvalue weighted by Crippen LogP contribution is 2.36. The molecule has 182 valence electrons. The third kappa shape index (κ3) is 5.20. The zero-order valence-electron chi connectivity index (χ0n) is 19.1. The molecule has 1 heterocycles. The Morgan fingerprint density at radius 3 is 2.35 bits per heavy atom. The van der Waals surface area contributed by atoms with Crippen LogP contribution >= 0.6 is 22.9 Å². The van der Waals surface area contributed by atoms with Gasteiger partial charge in [-0.2, -0.15) is 5.10 Å². The molecule has 1 aromatic heterocycles. The van der Waals surface area contributed by atoms with Crippen LogP contribution in [0.1, 0.15) is 15.2 Å². The number of nitrogens with zero attached hydrogens (tertiary/aromatic N) is 1. The summed E-state index contributed by atoms with van der Waals surface area (Å²) < 4.78 is 6.44. The minimum absolute atomic E-state index is 0.222. The first kappa shape index (κ1) is 24.2. The van der Waals surface area contributed by atoms with Gasteiger partial charge in [0.25, 0.3) is 0 Å². The molecule has 0 aliphatic carbocycles. The fourth-order valence-corrected chi connectivity index (χ4v) is 5.08. The summed E-state index contributed by atoms with van der Waals surface area (Å²) in [5.74, 6) is -2.20. The van der Waals surface area contributed by atoms with Gasteiger partial charge in [-0.05, 0) is 29.7 Å². The fraction of sp³-hybridized carbons (Fsp3) is 0. The Morgan fingerprint density at radius 1 is 0.811 bits per heavy atom. The summed E-state index contributed by atoms with van der Waals surface area (Å²) in [6.07, 6.45) is 1.29. The van der Waals surface area contributed by atoms with Crippen molar-refractivity contribution in [2.45, 2.75) is 0 Å². The lowest BCUT2D eigenvalue weighted by molar-refractivity contribution is -0.136. The van der Waals surface area contributed by atoms with Crippen LogP contribution in [0.4, 0.5) is 5.69 Å². The van der Waals surface area contributed by atoms with Gasteiger partial charge in [-0.3, -0.25) is 9.59 Å². The van der Waals surface area contributed by atoms with E-state index in [2.05, 4.69) is 15.8 Å². The maximum absolute atomic E-state index is 12.8. The van der Waals surface area contributed by atoms with Gasteiger partial charge in [0.1, 0.15) is 10.6 Å². The minimum Gasteiger partial charge on any atom is -0.422 e. The lowest BCUT2D eigenvalue weighted by Gasteiger charge is -2.08. The highest BCUT2D eigenvalue weighted by molar-refractivity contribution is 7.21. The van der Waals surface area contributed by atoms with Gasteiger partial charge in [0.15, 0.2) is 0 Å². The van der Waals surface area contributed by atoms with Crippen molar-refractivity contribution >= 4 is 73.5 Å². The molecule has 2 amide bonds. The number of anilines is 1. The molecule has 0 fully saturated rings. The molecular weight excluding hydrogens is 510 g/mol. The molecule has 2 N–H and O–H groups in total. The quantitative estimate of drug-likeness (QED) is 0.0960. The number of fused-ring (bicyclic) bond motifs is 2. The molecule has 0 saturated heterocycles. The van der Waals surface area contributed by atoms with Gasteiger partial charge in [-0.25, -0.2) is 10.2 Å². The van der Waals surface area contributed by atoms with Crippen LogP contribution in [0.3, 0.4) is 0 Å². The number of ether oxygens (including phenoxy) is 1. The minimum atomic E-state index is -0.948. The van der Waals surface area contributed by atoms with E-state index in [4.69, 9.17) is 16.3 Å². The first-order valence-corrected chi connectivity index (χ1v) is 12.3. The van der Waals surface area contributed by atoms with Crippen molar-refractivity contribution in [1.29, 1.82) is 0 Å². The standard InChI is InChI=1S/C28H18ClN3O4S/c29-24-20-12-4-6-15-23(20)37-25(24)28(35)36-22-14-5-2-9-18(22)16-30-32-27(34)26(33)31-21-13-7-10-17-8-1-3-11-19(17)21/h1-16H,(H,31,33)(H,32,34)/b30-16-. The molecule has 0 atom stereocenters. The average molecular weight is 528 g/mol. The number of hydrogen-bond donors (Lipinski definition) is 2. The topological polar surface area (TPSA) is 96.9 Å². The van der Waals surface area contributed by atoms with E-state index in [1.165, 1.54) is 17.6 Å². The van der Waals surface area contributed by atoms with Gasteiger partial charge in [0.2, 0.25) is 0 Å². The Labute approximate surface area is 220 Å². The van der Waals surface area contributed by atoms with Crippen LogP contribution in [0, 0.1) is 0 Å². The molecule has 7 nitrogen and oxygen atoms in total. The summed E-state index contributed by atoms with van der Waals surface area (Å²) in [5.41, 5.74) is 3.13. The number of thiophene rings is 1. The van der Waals surface area contributed by atoms with Gasteiger partial charge in [-0.15, -0.1) is 11.3 Å². The lowest BCUT2D eigenvalue weighted by Crippen LogP contribution is -2.32. The first-order chi connectivity index (χ1) is 18.0. The zero-order valence-corrected chi connectivity index (χ0v) is 20.7.